The summed E-state index contributed by atoms with van der Waals surface area (Å²) < 4.78 is 13.3. The third-order valence-corrected chi connectivity index (χ3v) is 4.71. The monoisotopic (exact) mass is 366 g/mol. The average Bonchev–Trinajstić information content (AvgIpc) is 2.48. The van der Waals surface area contributed by atoms with E-state index in [0.29, 0.717) is 10.6 Å². The number of halogens is 1. The molecule has 2 rings (SSSR count). The van der Waals surface area contributed by atoms with Gasteiger partial charge in [0, 0.05) is 20.0 Å². The van der Waals surface area contributed by atoms with Gasteiger partial charge in [0.25, 0.3) is 0 Å². The summed E-state index contributed by atoms with van der Waals surface area (Å²) in [6, 6.07) is 13.6. The normalized spacial score (nSPS) is 13.5. The molecule has 2 unspecified atom stereocenters. The van der Waals surface area contributed by atoms with Crippen molar-refractivity contribution in [3.63, 3.8) is 0 Å². The van der Waals surface area contributed by atoms with Crippen LogP contribution >= 0.6 is 15.9 Å². The maximum absolute atomic E-state index is 12.4. The first-order valence-corrected chi connectivity index (χ1v) is 8.25. The third kappa shape index (κ3) is 4.23. The molecular formula is C15H15BrN2O2S. The lowest BCUT2D eigenvalue weighted by Crippen LogP contribution is -2.32. The summed E-state index contributed by atoms with van der Waals surface area (Å²) in [5.74, 6) is -0.253. The van der Waals surface area contributed by atoms with Gasteiger partial charge in [-0.3, -0.25) is 4.79 Å². The van der Waals surface area contributed by atoms with E-state index in [1.54, 1.807) is 31.2 Å². The maximum Gasteiger partial charge on any atom is 0.240 e. The molecule has 0 saturated heterocycles. The number of amides is 1. The molecule has 0 aliphatic rings. The SMILES string of the molecule is CC(N)C(=O)Nc1ccc(S(=O)c2ccc(Br)cc2)cc1. The van der Waals surface area contributed by atoms with Crippen molar-refractivity contribution in [3.8, 4) is 0 Å². The third-order valence-electron chi connectivity index (χ3n) is 2.78. The van der Waals surface area contributed by atoms with Crippen LogP contribution in [0.15, 0.2) is 62.8 Å². The molecule has 0 spiro atoms. The van der Waals surface area contributed by atoms with Crippen molar-refractivity contribution in [2.75, 3.05) is 5.32 Å². The number of nitrogens with one attached hydrogen (secondary N) is 1. The number of carbonyl (C=O) groups excluding carboxylic acids is 1. The lowest BCUT2D eigenvalue weighted by Gasteiger charge is -2.08. The van der Waals surface area contributed by atoms with Crippen molar-refractivity contribution in [2.45, 2.75) is 22.8 Å². The van der Waals surface area contributed by atoms with E-state index in [4.69, 9.17) is 5.73 Å². The van der Waals surface area contributed by atoms with Gasteiger partial charge < -0.3 is 11.1 Å². The van der Waals surface area contributed by atoms with Gasteiger partial charge in [0.2, 0.25) is 5.91 Å². The second-order valence-electron chi connectivity index (χ2n) is 4.52. The van der Waals surface area contributed by atoms with Gasteiger partial charge in [-0.05, 0) is 55.5 Å². The fourth-order valence-corrected chi connectivity index (χ4v) is 2.92. The molecule has 0 saturated carbocycles. The number of rotatable bonds is 4. The van der Waals surface area contributed by atoms with Crippen LogP contribution in [0.2, 0.25) is 0 Å². The fourth-order valence-electron chi connectivity index (χ4n) is 1.61. The second kappa shape index (κ2) is 6.98. The van der Waals surface area contributed by atoms with Crippen LogP contribution < -0.4 is 11.1 Å². The van der Waals surface area contributed by atoms with Crippen LogP contribution in [0.4, 0.5) is 5.69 Å². The number of anilines is 1. The Labute approximate surface area is 134 Å². The van der Waals surface area contributed by atoms with Crippen molar-refractivity contribution in [3.05, 3.63) is 53.0 Å². The number of carbonyl (C=O) groups is 1. The predicted molar refractivity (Wildman–Crippen MR) is 87.5 cm³/mol. The molecule has 2 aromatic rings. The van der Waals surface area contributed by atoms with Crippen LogP contribution in [-0.2, 0) is 15.6 Å². The molecule has 3 N–H and O–H groups in total. The molecule has 4 nitrogen and oxygen atoms in total. The Kier molecular flexibility index (Phi) is 5.27. The minimum Gasteiger partial charge on any atom is -0.325 e. The predicted octanol–water partition coefficient (Wildman–Crippen LogP) is 2.90. The van der Waals surface area contributed by atoms with Crippen LogP contribution in [0.1, 0.15) is 6.92 Å². The van der Waals surface area contributed by atoms with Crippen molar-refractivity contribution in [2.24, 2.45) is 5.73 Å². The molecule has 0 aromatic heterocycles. The molecule has 110 valence electrons. The van der Waals surface area contributed by atoms with E-state index in [9.17, 15) is 9.00 Å². The van der Waals surface area contributed by atoms with Gasteiger partial charge in [0.1, 0.15) is 0 Å². The number of nitrogens with two attached hydrogens (primary N) is 1. The molecule has 0 aliphatic heterocycles. The van der Waals surface area contributed by atoms with Crippen LogP contribution in [0, 0.1) is 0 Å². The number of hydrogen-bond acceptors (Lipinski definition) is 3. The lowest BCUT2D eigenvalue weighted by molar-refractivity contribution is -0.117. The molecule has 0 heterocycles. The van der Waals surface area contributed by atoms with Crippen LogP contribution in [0.5, 0.6) is 0 Å². The highest BCUT2D eigenvalue weighted by atomic mass is 79.9. The number of benzene rings is 2. The first-order chi connectivity index (χ1) is 9.97. The van der Waals surface area contributed by atoms with Crippen molar-refractivity contribution < 1.29 is 9.00 Å². The zero-order valence-corrected chi connectivity index (χ0v) is 13.8. The molecule has 21 heavy (non-hydrogen) atoms. The van der Waals surface area contributed by atoms with Crippen molar-refractivity contribution in [1.29, 1.82) is 0 Å². The van der Waals surface area contributed by atoms with E-state index >= 15 is 0 Å². The van der Waals surface area contributed by atoms with Gasteiger partial charge in [-0.25, -0.2) is 4.21 Å². The van der Waals surface area contributed by atoms with E-state index in [2.05, 4.69) is 21.2 Å². The number of hydrogen-bond donors (Lipinski definition) is 2. The molecular weight excluding hydrogens is 352 g/mol. The van der Waals surface area contributed by atoms with E-state index in [-0.39, 0.29) is 5.91 Å². The molecule has 2 aromatic carbocycles. The fraction of sp³-hybridized carbons (Fsp3) is 0.133. The highest BCUT2D eigenvalue weighted by Gasteiger charge is 2.09. The van der Waals surface area contributed by atoms with Gasteiger partial charge in [0.15, 0.2) is 0 Å². The van der Waals surface area contributed by atoms with E-state index in [1.165, 1.54) is 0 Å². The molecule has 0 radical (unpaired) electrons. The van der Waals surface area contributed by atoms with Gasteiger partial charge in [-0.15, -0.1) is 0 Å². The summed E-state index contributed by atoms with van der Waals surface area (Å²) >= 11 is 3.35. The summed E-state index contributed by atoms with van der Waals surface area (Å²) in [5, 5.41) is 2.69. The van der Waals surface area contributed by atoms with Gasteiger partial charge in [-0.1, -0.05) is 15.9 Å². The van der Waals surface area contributed by atoms with E-state index in [0.717, 1.165) is 9.37 Å². The summed E-state index contributed by atoms with van der Waals surface area (Å²) in [7, 11) is -1.24. The van der Waals surface area contributed by atoms with Crippen LogP contribution in [0.3, 0.4) is 0 Å². The molecule has 2 atom stereocenters. The zero-order valence-electron chi connectivity index (χ0n) is 11.4. The molecule has 0 bridgehead atoms. The Morgan fingerprint density at radius 2 is 1.57 bits per heavy atom. The first kappa shape index (κ1) is 15.9. The Morgan fingerprint density at radius 1 is 1.10 bits per heavy atom. The Balaban J connectivity index is 2.13. The Hall–Kier alpha value is -1.50. The van der Waals surface area contributed by atoms with Gasteiger partial charge in [0.05, 0.1) is 16.8 Å². The average molecular weight is 367 g/mol. The molecule has 0 fully saturated rings. The summed E-state index contributed by atoms with van der Waals surface area (Å²) in [5.41, 5.74) is 6.12. The maximum atomic E-state index is 12.4. The summed E-state index contributed by atoms with van der Waals surface area (Å²) in [6.45, 7) is 1.62. The molecule has 0 aliphatic carbocycles. The molecule has 6 heteroatoms. The van der Waals surface area contributed by atoms with Crippen LogP contribution in [-0.4, -0.2) is 16.2 Å². The smallest absolute Gasteiger partial charge is 0.240 e. The molecule has 1 amide bonds. The largest absolute Gasteiger partial charge is 0.325 e. The van der Waals surface area contributed by atoms with Gasteiger partial charge in [-0.2, -0.15) is 0 Å². The van der Waals surface area contributed by atoms with Crippen molar-refractivity contribution >= 4 is 38.3 Å². The minimum atomic E-state index is -1.24. The Morgan fingerprint density at radius 3 is 2.05 bits per heavy atom. The van der Waals surface area contributed by atoms with Crippen LogP contribution in [0.25, 0.3) is 0 Å². The Bertz CT molecular complexity index is 654. The quantitative estimate of drug-likeness (QED) is 0.873. The van der Waals surface area contributed by atoms with E-state index < -0.39 is 16.8 Å². The minimum absolute atomic E-state index is 0.253. The second-order valence-corrected chi connectivity index (χ2v) is 6.92. The van der Waals surface area contributed by atoms with Crippen molar-refractivity contribution in [1.82, 2.24) is 0 Å². The van der Waals surface area contributed by atoms with Gasteiger partial charge >= 0.3 is 0 Å². The highest BCUT2D eigenvalue weighted by Crippen LogP contribution is 2.20. The standard InChI is InChI=1S/C15H15BrN2O2S/c1-10(17)15(19)18-12-4-8-14(9-5-12)21(20)13-6-2-11(16)3-7-13/h2-10H,17H2,1H3,(H,18,19). The highest BCUT2D eigenvalue weighted by molar-refractivity contribution is 9.10. The van der Waals surface area contributed by atoms with E-state index in [1.807, 2.05) is 24.3 Å². The summed E-state index contributed by atoms with van der Waals surface area (Å²) in [4.78, 5) is 12.9. The lowest BCUT2D eigenvalue weighted by atomic mass is 10.3. The zero-order chi connectivity index (χ0) is 15.4. The first-order valence-electron chi connectivity index (χ1n) is 6.31. The summed E-state index contributed by atoms with van der Waals surface area (Å²) in [6.07, 6.45) is 0. The topological polar surface area (TPSA) is 72.2 Å².